The number of hydrogen-bond acceptors (Lipinski definition) is 3. The van der Waals surface area contributed by atoms with Gasteiger partial charge in [0.25, 0.3) is 1.43 Å². The standard InChI is InChI=1S/C10H18O4/c11-9(12)7-5-3-1-2-4-6-8-10(13)14/h1-8H2,(H,11,12)(H,13,14)/i/hD. The van der Waals surface area contributed by atoms with Gasteiger partial charge in [0.05, 0.1) is 0 Å². The number of carboxylic acids is 2. The third kappa shape index (κ3) is 10.9. The van der Waals surface area contributed by atoms with Gasteiger partial charge in [-0.05, 0) is 12.8 Å². The molecule has 0 aliphatic carbocycles. The quantitative estimate of drug-likeness (QED) is 0.564. The van der Waals surface area contributed by atoms with Crippen molar-refractivity contribution in [2.75, 3.05) is 0 Å². The summed E-state index contributed by atoms with van der Waals surface area (Å²) < 4.78 is 6.31. The third-order valence-electron chi connectivity index (χ3n) is 2.02. The maximum absolute atomic E-state index is 10.5. The Balaban J connectivity index is 3.05. The summed E-state index contributed by atoms with van der Waals surface area (Å²) in [4.78, 5) is 20.7. The first kappa shape index (κ1) is 11.0. The molecule has 0 amide bonds. The molecule has 0 atom stereocenters. The lowest BCUT2D eigenvalue weighted by Crippen LogP contribution is -1.94. The molecule has 4 nitrogen and oxygen atoms in total. The molecule has 0 aliphatic heterocycles. The number of carbonyl (C=O) groups is 2. The zero-order valence-electron chi connectivity index (χ0n) is 9.33. The Hall–Kier alpha value is -1.06. The van der Waals surface area contributed by atoms with Crippen molar-refractivity contribution in [2.24, 2.45) is 0 Å². The molecule has 0 aromatic rings. The summed E-state index contributed by atoms with van der Waals surface area (Å²) in [5.74, 6) is -1.23. The van der Waals surface area contributed by atoms with E-state index in [-0.39, 0.29) is 6.42 Å². The Bertz CT molecular complexity index is 194. The van der Waals surface area contributed by atoms with Gasteiger partial charge in [0.1, 0.15) is 0 Å². The number of rotatable bonds is 9. The normalized spacial score (nSPS) is 10.7. The van der Waals surface area contributed by atoms with Crippen LogP contribution in [-0.4, -0.2) is 22.2 Å². The molecule has 0 fully saturated rings. The van der Waals surface area contributed by atoms with Crippen molar-refractivity contribution in [1.29, 1.82) is 1.43 Å². The topological polar surface area (TPSA) is 74.6 Å². The van der Waals surface area contributed by atoms with Crippen LogP contribution in [0.3, 0.4) is 0 Å². The zero-order valence-corrected chi connectivity index (χ0v) is 8.33. The lowest BCUT2D eigenvalue weighted by molar-refractivity contribution is -0.138. The van der Waals surface area contributed by atoms with E-state index in [1.54, 1.807) is 0 Å². The number of unbranched alkanes of at least 4 members (excludes halogenated alkanes) is 5. The first-order valence-electron chi connectivity index (χ1n) is 5.45. The molecular weight excluding hydrogens is 184 g/mol. The highest BCUT2D eigenvalue weighted by Crippen LogP contribution is 2.08. The molecule has 0 rings (SSSR count). The van der Waals surface area contributed by atoms with Crippen molar-refractivity contribution < 1.29 is 19.8 Å². The average Bonchev–Trinajstić information content (AvgIpc) is 2.21. The van der Waals surface area contributed by atoms with E-state index in [0.717, 1.165) is 38.5 Å². The summed E-state index contributed by atoms with van der Waals surface area (Å²) in [6, 6.07) is 0. The molecule has 0 saturated heterocycles. The van der Waals surface area contributed by atoms with Gasteiger partial charge in [-0.25, -0.2) is 0 Å². The molecule has 82 valence electrons. The number of aliphatic carboxylic acids is 2. The van der Waals surface area contributed by atoms with Crippen molar-refractivity contribution in [3.8, 4) is 0 Å². The molecule has 14 heavy (non-hydrogen) atoms. The SMILES string of the molecule is [2H]OC(=O)CCCCCCCCC(=O)O. The number of hydrogen-bond donors (Lipinski definition) is 2. The van der Waals surface area contributed by atoms with E-state index < -0.39 is 11.9 Å². The summed E-state index contributed by atoms with van der Waals surface area (Å²) >= 11 is 0. The third-order valence-corrected chi connectivity index (χ3v) is 2.02. The van der Waals surface area contributed by atoms with Gasteiger partial charge in [0.2, 0.25) is 0 Å². The van der Waals surface area contributed by atoms with Crippen LogP contribution in [0.25, 0.3) is 1.43 Å². The van der Waals surface area contributed by atoms with E-state index in [2.05, 4.69) is 5.11 Å². The Kier molecular flexibility index (Phi) is 6.72. The van der Waals surface area contributed by atoms with E-state index in [0.29, 0.717) is 6.42 Å². The minimum Gasteiger partial charge on any atom is -0.481 e. The van der Waals surface area contributed by atoms with Gasteiger partial charge in [0, 0.05) is 12.8 Å². The van der Waals surface area contributed by atoms with Gasteiger partial charge < -0.3 is 10.2 Å². The van der Waals surface area contributed by atoms with Crippen molar-refractivity contribution >= 4 is 11.9 Å². The van der Waals surface area contributed by atoms with Crippen LogP contribution in [0.2, 0.25) is 0 Å². The van der Waals surface area contributed by atoms with E-state index in [1.807, 2.05) is 0 Å². The van der Waals surface area contributed by atoms with Gasteiger partial charge in [-0.3, -0.25) is 9.59 Å². The van der Waals surface area contributed by atoms with Crippen molar-refractivity contribution in [3.05, 3.63) is 0 Å². The summed E-state index contributed by atoms with van der Waals surface area (Å²) in [6.07, 6.45) is 5.88. The predicted molar refractivity (Wildman–Crippen MR) is 52.2 cm³/mol. The molecule has 0 saturated carbocycles. The highest BCUT2D eigenvalue weighted by molar-refractivity contribution is 5.66. The van der Waals surface area contributed by atoms with Gasteiger partial charge in [-0.15, -0.1) is 0 Å². The summed E-state index contributed by atoms with van der Waals surface area (Å²) in [7, 11) is 0. The Morgan fingerprint density at radius 2 is 1.29 bits per heavy atom. The van der Waals surface area contributed by atoms with E-state index in [4.69, 9.17) is 6.54 Å². The van der Waals surface area contributed by atoms with Gasteiger partial charge >= 0.3 is 11.9 Å². The monoisotopic (exact) mass is 203 g/mol. The lowest BCUT2D eigenvalue weighted by Gasteiger charge is -1.98. The maximum Gasteiger partial charge on any atom is 0.303 e. The van der Waals surface area contributed by atoms with E-state index in [1.165, 1.54) is 0 Å². The Morgan fingerprint density at radius 3 is 1.71 bits per heavy atom. The van der Waals surface area contributed by atoms with Crippen molar-refractivity contribution in [2.45, 2.75) is 51.4 Å². The molecule has 0 heterocycles. The largest absolute Gasteiger partial charge is 0.481 e. The molecule has 0 unspecified atom stereocenters. The van der Waals surface area contributed by atoms with Crippen LogP contribution >= 0.6 is 0 Å². The smallest absolute Gasteiger partial charge is 0.303 e. The molecule has 0 aromatic heterocycles. The summed E-state index contributed by atoms with van der Waals surface area (Å²) in [5.41, 5.74) is 0. The van der Waals surface area contributed by atoms with Crippen LogP contribution in [-0.2, 0) is 9.59 Å². The first-order chi connectivity index (χ1) is 7.16. The molecular formula is C10H18O4. The van der Waals surface area contributed by atoms with Gasteiger partial charge in [0.15, 0.2) is 0 Å². The highest BCUT2D eigenvalue weighted by atomic mass is 16.4. The second-order valence-electron chi connectivity index (χ2n) is 3.39. The van der Waals surface area contributed by atoms with Crippen LogP contribution in [0.5, 0.6) is 0 Å². The van der Waals surface area contributed by atoms with Crippen LogP contribution in [0.15, 0.2) is 0 Å². The van der Waals surface area contributed by atoms with Crippen LogP contribution in [0, 0.1) is 0 Å². The molecule has 0 spiro atoms. The van der Waals surface area contributed by atoms with Crippen molar-refractivity contribution in [1.82, 2.24) is 0 Å². The molecule has 0 aliphatic rings. The predicted octanol–water partition coefficient (Wildman–Crippen LogP) is 2.28. The fourth-order valence-corrected chi connectivity index (χ4v) is 1.25. The Morgan fingerprint density at radius 1 is 0.857 bits per heavy atom. The van der Waals surface area contributed by atoms with E-state index in [9.17, 15) is 9.59 Å². The second-order valence-corrected chi connectivity index (χ2v) is 3.39. The maximum atomic E-state index is 10.5. The van der Waals surface area contributed by atoms with Crippen LogP contribution in [0.1, 0.15) is 51.4 Å². The van der Waals surface area contributed by atoms with E-state index >= 15 is 0 Å². The number of carboxylic acid groups (broad SMARTS) is 2. The minimum atomic E-state index is -0.742. The lowest BCUT2D eigenvalue weighted by atomic mass is 10.1. The fourth-order valence-electron chi connectivity index (χ4n) is 1.25. The van der Waals surface area contributed by atoms with Gasteiger partial charge in [-0.2, -0.15) is 0 Å². The van der Waals surface area contributed by atoms with Crippen LogP contribution < -0.4 is 0 Å². The average molecular weight is 203 g/mol. The van der Waals surface area contributed by atoms with Crippen molar-refractivity contribution in [3.63, 3.8) is 0 Å². The fraction of sp³-hybridized carbons (Fsp3) is 0.800. The second kappa shape index (κ2) is 8.53. The highest BCUT2D eigenvalue weighted by Gasteiger charge is 1.98. The molecule has 4 heteroatoms. The van der Waals surface area contributed by atoms with Crippen LogP contribution in [0.4, 0.5) is 0 Å². The van der Waals surface area contributed by atoms with Gasteiger partial charge in [-0.1, -0.05) is 25.7 Å². The minimum absolute atomic E-state index is 0.241. The molecule has 0 bridgehead atoms. The molecule has 2 N–H and O–H groups in total. The summed E-state index contributed by atoms with van der Waals surface area (Å²) in [5, 5.41) is 12.1. The Labute approximate surface area is 85.4 Å². The zero-order chi connectivity index (χ0) is 11.5. The first-order valence-corrected chi connectivity index (χ1v) is 5.04. The molecule has 0 radical (unpaired) electrons. The molecule has 0 aromatic carbocycles. The summed E-state index contributed by atoms with van der Waals surface area (Å²) in [6.45, 7) is 0.